The van der Waals surface area contributed by atoms with E-state index >= 15 is 0 Å². The van der Waals surface area contributed by atoms with Crippen LogP contribution in [0.25, 0.3) is 11.0 Å². The second-order valence-corrected chi connectivity index (χ2v) is 9.25. The van der Waals surface area contributed by atoms with Crippen molar-refractivity contribution in [3.8, 4) is 0 Å². The molecular formula is C29H34N4. The van der Waals surface area contributed by atoms with Gasteiger partial charge in [-0.2, -0.15) is 0 Å². The van der Waals surface area contributed by atoms with Gasteiger partial charge in [-0.05, 0) is 49.1 Å². The maximum Gasteiger partial charge on any atom is 0.0960 e. The molecule has 1 aliphatic heterocycles. The quantitative estimate of drug-likeness (QED) is 0.332. The molecule has 1 fully saturated rings. The highest BCUT2D eigenvalue weighted by atomic mass is 15.2. The fraction of sp³-hybridized carbons (Fsp3) is 0.345. The second-order valence-electron chi connectivity index (χ2n) is 9.25. The highest BCUT2D eigenvalue weighted by Crippen LogP contribution is 2.26. The van der Waals surface area contributed by atoms with Gasteiger partial charge in [0.2, 0.25) is 0 Å². The lowest BCUT2D eigenvalue weighted by Gasteiger charge is -2.33. The van der Waals surface area contributed by atoms with Crippen molar-refractivity contribution >= 4 is 11.0 Å². The van der Waals surface area contributed by atoms with Crippen molar-refractivity contribution < 1.29 is 0 Å². The van der Waals surface area contributed by atoms with Gasteiger partial charge in [0.1, 0.15) is 0 Å². The van der Waals surface area contributed by atoms with Crippen molar-refractivity contribution in [2.24, 2.45) is 0 Å². The molecule has 1 saturated heterocycles. The lowest BCUT2D eigenvalue weighted by Crippen LogP contribution is -2.36. The smallest absolute Gasteiger partial charge is 0.0960 e. The maximum absolute atomic E-state index is 4.59. The van der Waals surface area contributed by atoms with Gasteiger partial charge in [-0.1, -0.05) is 72.8 Å². The van der Waals surface area contributed by atoms with Gasteiger partial charge in [0.15, 0.2) is 0 Å². The minimum Gasteiger partial charge on any atom is -0.327 e. The Morgan fingerprint density at radius 2 is 1.36 bits per heavy atom. The van der Waals surface area contributed by atoms with E-state index in [1.807, 2.05) is 6.33 Å². The fourth-order valence-electron chi connectivity index (χ4n) is 5.11. The molecule has 170 valence electrons. The van der Waals surface area contributed by atoms with E-state index < -0.39 is 0 Å². The van der Waals surface area contributed by atoms with Crippen LogP contribution in [0.1, 0.15) is 36.4 Å². The molecule has 1 aromatic heterocycles. The van der Waals surface area contributed by atoms with E-state index in [-0.39, 0.29) is 0 Å². The first-order chi connectivity index (χ1) is 16.3. The molecule has 4 heteroatoms. The zero-order valence-corrected chi connectivity index (χ0v) is 19.4. The van der Waals surface area contributed by atoms with Gasteiger partial charge in [0.05, 0.1) is 17.4 Å². The summed E-state index contributed by atoms with van der Waals surface area (Å²) in [5, 5.41) is 0. The molecular weight excluding hydrogens is 404 g/mol. The van der Waals surface area contributed by atoms with Crippen molar-refractivity contribution in [2.75, 3.05) is 26.2 Å². The number of rotatable bonds is 9. The first kappa shape index (κ1) is 21.9. The second kappa shape index (κ2) is 10.8. The SMILES string of the molecule is c1ccc(CN(CCCN2CCC(n3cnc4ccccc43)CC2)Cc2ccccc2)cc1. The molecule has 0 spiro atoms. The summed E-state index contributed by atoms with van der Waals surface area (Å²) in [5.74, 6) is 0. The summed E-state index contributed by atoms with van der Waals surface area (Å²) in [6, 6.07) is 30.8. The first-order valence-corrected chi connectivity index (χ1v) is 12.3. The fourth-order valence-corrected chi connectivity index (χ4v) is 5.11. The molecule has 4 nitrogen and oxygen atoms in total. The average Bonchev–Trinajstić information content (AvgIpc) is 3.30. The topological polar surface area (TPSA) is 24.3 Å². The summed E-state index contributed by atoms with van der Waals surface area (Å²) in [4.78, 5) is 9.84. The molecule has 3 aromatic carbocycles. The standard InChI is InChI=1S/C29H34N4/c1-3-10-25(11-4-1)22-32(23-26-12-5-2-6-13-26)19-9-18-31-20-16-27(17-21-31)33-24-30-28-14-7-8-15-29(28)33/h1-8,10-15,24,27H,9,16-23H2. The third-order valence-electron chi connectivity index (χ3n) is 6.88. The van der Waals surface area contributed by atoms with E-state index in [0.29, 0.717) is 6.04 Å². The Bertz CT molecular complexity index is 1070. The van der Waals surface area contributed by atoms with Crippen LogP contribution in [-0.2, 0) is 13.1 Å². The largest absolute Gasteiger partial charge is 0.327 e. The summed E-state index contributed by atoms with van der Waals surface area (Å²) in [6.45, 7) is 6.66. The number of para-hydroxylation sites is 2. The van der Waals surface area contributed by atoms with E-state index in [0.717, 1.165) is 25.2 Å². The third kappa shape index (κ3) is 5.70. The van der Waals surface area contributed by atoms with Crippen molar-refractivity contribution in [1.29, 1.82) is 0 Å². The monoisotopic (exact) mass is 438 g/mol. The Morgan fingerprint density at radius 1 is 0.758 bits per heavy atom. The van der Waals surface area contributed by atoms with Crippen LogP contribution >= 0.6 is 0 Å². The number of piperidine rings is 1. The molecule has 0 amide bonds. The van der Waals surface area contributed by atoms with E-state index in [2.05, 4.69) is 104 Å². The molecule has 5 rings (SSSR count). The van der Waals surface area contributed by atoms with Crippen LogP contribution in [-0.4, -0.2) is 45.5 Å². The summed E-state index contributed by atoms with van der Waals surface area (Å²) >= 11 is 0. The van der Waals surface area contributed by atoms with E-state index in [1.165, 1.54) is 55.5 Å². The van der Waals surface area contributed by atoms with Crippen LogP contribution in [0.3, 0.4) is 0 Å². The number of benzene rings is 3. The molecule has 4 aromatic rings. The lowest BCUT2D eigenvalue weighted by molar-refractivity contribution is 0.171. The van der Waals surface area contributed by atoms with Crippen molar-refractivity contribution in [3.63, 3.8) is 0 Å². The Kier molecular flexibility index (Phi) is 7.14. The molecule has 0 N–H and O–H groups in total. The number of fused-ring (bicyclic) bond motifs is 1. The number of hydrogen-bond acceptors (Lipinski definition) is 3. The Hall–Kier alpha value is -2.95. The number of likely N-dealkylation sites (tertiary alicyclic amines) is 1. The molecule has 0 saturated carbocycles. The minimum atomic E-state index is 0.571. The third-order valence-corrected chi connectivity index (χ3v) is 6.88. The summed E-state index contributed by atoms with van der Waals surface area (Å²) in [5.41, 5.74) is 5.16. The number of aromatic nitrogens is 2. The molecule has 0 aliphatic carbocycles. The van der Waals surface area contributed by atoms with Crippen molar-refractivity contribution in [2.45, 2.75) is 38.4 Å². The predicted molar refractivity (Wildman–Crippen MR) is 136 cm³/mol. The van der Waals surface area contributed by atoms with Gasteiger partial charge in [-0.3, -0.25) is 4.90 Å². The van der Waals surface area contributed by atoms with Gasteiger partial charge in [-0.25, -0.2) is 4.98 Å². The lowest BCUT2D eigenvalue weighted by atomic mass is 10.0. The molecule has 0 radical (unpaired) electrons. The molecule has 2 heterocycles. The van der Waals surface area contributed by atoms with E-state index in [4.69, 9.17) is 0 Å². The van der Waals surface area contributed by atoms with Crippen LogP contribution in [0, 0.1) is 0 Å². The maximum atomic E-state index is 4.59. The Balaban J connectivity index is 1.13. The zero-order valence-electron chi connectivity index (χ0n) is 19.4. The number of hydrogen-bond donors (Lipinski definition) is 0. The highest BCUT2D eigenvalue weighted by molar-refractivity contribution is 5.75. The van der Waals surface area contributed by atoms with Crippen LogP contribution in [0.15, 0.2) is 91.3 Å². The van der Waals surface area contributed by atoms with Gasteiger partial charge in [0, 0.05) is 38.8 Å². The first-order valence-electron chi connectivity index (χ1n) is 12.3. The molecule has 0 unspecified atom stereocenters. The summed E-state index contributed by atoms with van der Waals surface area (Å²) in [6.07, 6.45) is 5.66. The van der Waals surface area contributed by atoms with Gasteiger partial charge < -0.3 is 9.47 Å². The normalized spacial score (nSPS) is 15.4. The number of nitrogens with zero attached hydrogens (tertiary/aromatic N) is 4. The van der Waals surface area contributed by atoms with Gasteiger partial charge in [-0.15, -0.1) is 0 Å². The van der Waals surface area contributed by atoms with Crippen molar-refractivity contribution in [1.82, 2.24) is 19.4 Å². The Labute approximate surface area is 197 Å². The van der Waals surface area contributed by atoms with Crippen LogP contribution < -0.4 is 0 Å². The molecule has 0 bridgehead atoms. The van der Waals surface area contributed by atoms with E-state index in [1.54, 1.807) is 0 Å². The predicted octanol–water partition coefficient (Wildman–Crippen LogP) is 5.77. The zero-order chi connectivity index (χ0) is 22.3. The van der Waals surface area contributed by atoms with Gasteiger partial charge in [0.25, 0.3) is 0 Å². The molecule has 0 atom stereocenters. The molecule has 1 aliphatic rings. The van der Waals surface area contributed by atoms with Crippen molar-refractivity contribution in [3.05, 3.63) is 102 Å². The van der Waals surface area contributed by atoms with Crippen LogP contribution in [0.2, 0.25) is 0 Å². The Morgan fingerprint density at radius 3 is 2.03 bits per heavy atom. The van der Waals surface area contributed by atoms with Crippen LogP contribution in [0.4, 0.5) is 0 Å². The van der Waals surface area contributed by atoms with Crippen LogP contribution in [0.5, 0.6) is 0 Å². The summed E-state index contributed by atoms with van der Waals surface area (Å²) in [7, 11) is 0. The van der Waals surface area contributed by atoms with E-state index in [9.17, 15) is 0 Å². The molecule has 33 heavy (non-hydrogen) atoms. The highest BCUT2D eigenvalue weighted by Gasteiger charge is 2.21. The minimum absolute atomic E-state index is 0.571. The average molecular weight is 439 g/mol. The number of imidazole rings is 1. The summed E-state index contributed by atoms with van der Waals surface area (Å²) < 4.78 is 2.40. The van der Waals surface area contributed by atoms with Gasteiger partial charge >= 0.3 is 0 Å².